The Kier molecular flexibility index (Phi) is 3.30. The predicted molar refractivity (Wildman–Crippen MR) is 59.7 cm³/mol. The van der Waals surface area contributed by atoms with Gasteiger partial charge in [0.15, 0.2) is 21.1 Å². The molecule has 1 heterocycles. The highest BCUT2D eigenvalue weighted by Crippen LogP contribution is 2.34. The lowest BCUT2D eigenvalue weighted by molar-refractivity contribution is 0.111. The van der Waals surface area contributed by atoms with Crippen LogP contribution in [0.3, 0.4) is 0 Å². The maximum absolute atomic E-state index is 12.2. The SMILES string of the molecule is COCCn1ncc(C=O)c1S(=O)(=O)C1CC1. The zero-order chi connectivity index (χ0) is 12.5. The summed E-state index contributed by atoms with van der Waals surface area (Å²) >= 11 is 0. The zero-order valence-electron chi connectivity index (χ0n) is 9.50. The third-order valence-corrected chi connectivity index (χ3v) is 5.02. The van der Waals surface area contributed by atoms with Crippen molar-refractivity contribution in [1.29, 1.82) is 0 Å². The normalized spacial score (nSPS) is 16.1. The summed E-state index contributed by atoms with van der Waals surface area (Å²) in [6.07, 6.45) is 3.15. The van der Waals surface area contributed by atoms with E-state index in [1.807, 2.05) is 0 Å². The van der Waals surface area contributed by atoms with Crippen LogP contribution in [0, 0.1) is 0 Å². The number of sulfone groups is 1. The van der Waals surface area contributed by atoms with Crippen LogP contribution in [0.15, 0.2) is 11.2 Å². The molecule has 1 aromatic rings. The van der Waals surface area contributed by atoms with Crippen LogP contribution in [0.4, 0.5) is 0 Å². The summed E-state index contributed by atoms with van der Waals surface area (Å²) in [5.74, 6) is 0. The van der Waals surface area contributed by atoms with Gasteiger partial charge in [-0.3, -0.25) is 9.48 Å². The molecule has 2 rings (SSSR count). The van der Waals surface area contributed by atoms with Crippen molar-refractivity contribution in [3.8, 4) is 0 Å². The lowest BCUT2D eigenvalue weighted by Crippen LogP contribution is -2.17. The van der Waals surface area contributed by atoms with Crippen LogP contribution in [0.25, 0.3) is 0 Å². The van der Waals surface area contributed by atoms with Gasteiger partial charge in [0.05, 0.1) is 30.2 Å². The highest BCUT2D eigenvalue weighted by Gasteiger charge is 2.40. The minimum Gasteiger partial charge on any atom is -0.383 e. The molecule has 0 bridgehead atoms. The zero-order valence-corrected chi connectivity index (χ0v) is 10.3. The summed E-state index contributed by atoms with van der Waals surface area (Å²) in [5, 5.41) is 3.61. The van der Waals surface area contributed by atoms with Gasteiger partial charge in [0.2, 0.25) is 0 Å². The minimum absolute atomic E-state index is 0.0343. The van der Waals surface area contributed by atoms with Gasteiger partial charge in [-0.05, 0) is 12.8 Å². The molecule has 1 aromatic heterocycles. The van der Waals surface area contributed by atoms with Gasteiger partial charge < -0.3 is 4.74 Å². The van der Waals surface area contributed by atoms with E-state index < -0.39 is 9.84 Å². The fourth-order valence-electron chi connectivity index (χ4n) is 1.65. The number of methoxy groups -OCH3 is 1. The molecular weight excluding hydrogens is 244 g/mol. The Labute approximate surface area is 99.5 Å². The number of aldehydes is 1. The van der Waals surface area contributed by atoms with Gasteiger partial charge in [-0.25, -0.2) is 8.42 Å². The molecule has 0 aliphatic heterocycles. The molecule has 0 radical (unpaired) electrons. The summed E-state index contributed by atoms with van der Waals surface area (Å²) < 4.78 is 30.5. The maximum Gasteiger partial charge on any atom is 0.198 e. The second-order valence-electron chi connectivity index (χ2n) is 3.98. The molecule has 0 amide bonds. The highest BCUT2D eigenvalue weighted by molar-refractivity contribution is 7.92. The summed E-state index contributed by atoms with van der Waals surface area (Å²) in [4.78, 5) is 10.9. The fraction of sp³-hybridized carbons (Fsp3) is 0.600. The Morgan fingerprint density at radius 2 is 2.29 bits per heavy atom. The van der Waals surface area contributed by atoms with Crippen molar-refractivity contribution in [2.75, 3.05) is 13.7 Å². The molecule has 0 atom stereocenters. The number of carbonyl (C=O) groups excluding carboxylic acids is 1. The third-order valence-electron chi connectivity index (χ3n) is 2.68. The van der Waals surface area contributed by atoms with E-state index in [-0.39, 0.29) is 15.8 Å². The third kappa shape index (κ3) is 2.25. The Balaban J connectivity index is 2.41. The Morgan fingerprint density at radius 1 is 1.59 bits per heavy atom. The number of nitrogens with zero attached hydrogens (tertiary/aromatic N) is 2. The van der Waals surface area contributed by atoms with Gasteiger partial charge in [0, 0.05) is 7.11 Å². The van der Waals surface area contributed by atoms with E-state index in [9.17, 15) is 13.2 Å². The number of rotatable bonds is 6. The standard InChI is InChI=1S/C10H14N2O4S/c1-16-5-4-12-10(8(7-13)6-11-12)17(14,15)9-2-3-9/h6-7,9H,2-5H2,1H3. The van der Waals surface area contributed by atoms with E-state index in [2.05, 4.69) is 5.10 Å². The van der Waals surface area contributed by atoms with Crippen molar-refractivity contribution in [2.45, 2.75) is 29.7 Å². The molecule has 0 aromatic carbocycles. The fourth-order valence-corrected chi connectivity index (χ4v) is 3.59. The van der Waals surface area contributed by atoms with E-state index in [1.165, 1.54) is 18.0 Å². The number of hydrogen-bond acceptors (Lipinski definition) is 5. The first-order valence-electron chi connectivity index (χ1n) is 5.35. The maximum atomic E-state index is 12.2. The van der Waals surface area contributed by atoms with Crippen molar-refractivity contribution in [3.63, 3.8) is 0 Å². The average molecular weight is 258 g/mol. The van der Waals surface area contributed by atoms with E-state index in [4.69, 9.17) is 4.74 Å². The topological polar surface area (TPSA) is 78.3 Å². The van der Waals surface area contributed by atoms with E-state index >= 15 is 0 Å². The average Bonchev–Trinajstić information content (AvgIpc) is 3.07. The van der Waals surface area contributed by atoms with Gasteiger partial charge >= 0.3 is 0 Å². The Morgan fingerprint density at radius 3 is 2.82 bits per heavy atom. The van der Waals surface area contributed by atoms with Crippen molar-refractivity contribution in [3.05, 3.63) is 11.8 Å². The van der Waals surface area contributed by atoms with Crippen LogP contribution in [-0.4, -0.2) is 43.5 Å². The first kappa shape index (κ1) is 12.3. The van der Waals surface area contributed by atoms with Crippen molar-refractivity contribution >= 4 is 16.1 Å². The lowest BCUT2D eigenvalue weighted by atomic mass is 10.4. The quantitative estimate of drug-likeness (QED) is 0.685. The smallest absolute Gasteiger partial charge is 0.198 e. The Hall–Kier alpha value is -1.21. The molecule has 1 fully saturated rings. The van der Waals surface area contributed by atoms with E-state index in [0.29, 0.717) is 32.3 Å². The number of hydrogen-bond donors (Lipinski definition) is 0. The number of aromatic nitrogens is 2. The van der Waals surface area contributed by atoms with Crippen LogP contribution in [0.5, 0.6) is 0 Å². The van der Waals surface area contributed by atoms with Crippen molar-refractivity contribution in [1.82, 2.24) is 9.78 Å². The Bertz CT molecular complexity index is 516. The lowest BCUT2D eigenvalue weighted by Gasteiger charge is -2.07. The summed E-state index contributed by atoms with van der Waals surface area (Å²) in [5.41, 5.74) is 0.132. The highest BCUT2D eigenvalue weighted by atomic mass is 32.2. The predicted octanol–water partition coefficient (Wildman–Crippen LogP) is 0.278. The van der Waals surface area contributed by atoms with Crippen molar-refractivity contribution < 1.29 is 17.9 Å². The van der Waals surface area contributed by atoms with Gasteiger partial charge in [0.25, 0.3) is 0 Å². The molecule has 6 nitrogen and oxygen atoms in total. The number of ether oxygens (including phenoxy) is 1. The first-order valence-corrected chi connectivity index (χ1v) is 6.89. The largest absolute Gasteiger partial charge is 0.383 e. The van der Waals surface area contributed by atoms with Gasteiger partial charge in [-0.15, -0.1) is 0 Å². The monoisotopic (exact) mass is 258 g/mol. The van der Waals surface area contributed by atoms with Crippen LogP contribution in [0.1, 0.15) is 23.2 Å². The second-order valence-corrected chi connectivity index (χ2v) is 6.13. The van der Waals surface area contributed by atoms with Crippen LogP contribution < -0.4 is 0 Å². The molecule has 1 aliphatic carbocycles. The molecule has 0 unspecified atom stereocenters. The molecule has 94 valence electrons. The molecule has 0 spiro atoms. The summed E-state index contributed by atoms with van der Waals surface area (Å²) in [6.45, 7) is 0.679. The van der Waals surface area contributed by atoms with Crippen LogP contribution in [-0.2, 0) is 21.1 Å². The molecule has 1 aliphatic rings. The first-order chi connectivity index (χ1) is 8.11. The summed E-state index contributed by atoms with van der Waals surface area (Å²) in [7, 11) is -1.89. The molecule has 7 heteroatoms. The molecular formula is C10H14N2O4S. The molecule has 0 N–H and O–H groups in total. The van der Waals surface area contributed by atoms with Crippen LogP contribution >= 0.6 is 0 Å². The van der Waals surface area contributed by atoms with Gasteiger partial charge in [-0.2, -0.15) is 5.10 Å². The van der Waals surface area contributed by atoms with Gasteiger partial charge in [0.1, 0.15) is 0 Å². The van der Waals surface area contributed by atoms with Gasteiger partial charge in [-0.1, -0.05) is 0 Å². The molecule has 0 saturated heterocycles. The van der Waals surface area contributed by atoms with E-state index in [1.54, 1.807) is 0 Å². The van der Waals surface area contributed by atoms with Crippen molar-refractivity contribution in [2.24, 2.45) is 0 Å². The molecule has 17 heavy (non-hydrogen) atoms. The second kappa shape index (κ2) is 4.58. The molecule has 1 saturated carbocycles. The summed E-state index contributed by atoms with van der Waals surface area (Å²) in [6, 6.07) is 0. The number of carbonyl (C=O) groups is 1. The van der Waals surface area contributed by atoms with E-state index in [0.717, 1.165) is 0 Å². The minimum atomic E-state index is -3.41. The van der Waals surface area contributed by atoms with Crippen LogP contribution in [0.2, 0.25) is 0 Å².